The van der Waals surface area contributed by atoms with Crippen LogP contribution in [-0.4, -0.2) is 37.7 Å². The molecule has 0 amide bonds. The molecule has 4 heteroatoms. The predicted octanol–water partition coefficient (Wildman–Crippen LogP) is 3.82. The van der Waals surface area contributed by atoms with Crippen molar-refractivity contribution in [1.29, 1.82) is 0 Å². The van der Waals surface area contributed by atoms with Gasteiger partial charge in [-0.2, -0.15) is 0 Å². The van der Waals surface area contributed by atoms with Gasteiger partial charge in [-0.1, -0.05) is 0 Å². The zero-order chi connectivity index (χ0) is 16.4. The van der Waals surface area contributed by atoms with E-state index < -0.39 is 5.60 Å². The summed E-state index contributed by atoms with van der Waals surface area (Å²) in [7, 11) is 4.06. The molecule has 0 N–H and O–H groups in total. The van der Waals surface area contributed by atoms with Crippen molar-refractivity contribution in [3.63, 3.8) is 0 Å². The summed E-state index contributed by atoms with van der Waals surface area (Å²) in [6, 6.07) is 9.84. The highest BCUT2D eigenvalue weighted by atomic mass is 16.5. The number of hydrogen-bond acceptors (Lipinski definition) is 4. The average Bonchev–Trinajstić information content (AvgIpc) is 2.98. The number of likely N-dealkylation sites (N-methyl/N-ethyl adjacent to an activating group) is 1. The van der Waals surface area contributed by atoms with E-state index >= 15 is 0 Å². The number of furan rings is 1. The van der Waals surface area contributed by atoms with Crippen LogP contribution < -0.4 is 9.47 Å². The summed E-state index contributed by atoms with van der Waals surface area (Å²) in [6.07, 6.45) is 3.79. The standard InChI is InChI=1S/C19H23NO3/c1-19(2)13-16(17-6-5-10-22-17)15-8-7-14(12-18(15)23-19)21-11-9-20(3)4/h5-8,10,12-13H,9,11H2,1-4H3. The lowest BCUT2D eigenvalue weighted by molar-refractivity contribution is 0.157. The molecule has 0 bridgehead atoms. The maximum Gasteiger partial charge on any atom is 0.134 e. The van der Waals surface area contributed by atoms with Gasteiger partial charge in [0.25, 0.3) is 0 Å². The summed E-state index contributed by atoms with van der Waals surface area (Å²) < 4.78 is 17.5. The summed E-state index contributed by atoms with van der Waals surface area (Å²) in [5, 5.41) is 0. The van der Waals surface area contributed by atoms with Gasteiger partial charge in [0, 0.05) is 23.7 Å². The summed E-state index contributed by atoms with van der Waals surface area (Å²) in [5.74, 6) is 2.50. The second kappa shape index (κ2) is 6.13. The molecule has 1 aromatic heterocycles. The predicted molar refractivity (Wildman–Crippen MR) is 91.0 cm³/mol. The first-order valence-electron chi connectivity index (χ1n) is 7.82. The molecular weight excluding hydrogens is 290 g/mol. The molecule has 4 nitrogen and oxygen atoms in total. The Balaban J connectivity index is 1.89. The van der Waals surface area contributed by atoms with Gasteiger partial charge in [0.2, 0.25) is 0 Å². The van der Waals surface area contributed by atoms with Gasteiger partial charge in [-0.05, 0) is 58.3 Å². The lowest BCUT2D eigenvalue weighted by atomic mass is 9.93. The maximum absolute atomic E-state index is 6.11. The molecule has 1 aliphatic rings. The van der Waals surface area contributed by atoms with Gasteiger partial charge >= 0.3 is 0 Å². The Kier molecular flexibility index (Phi) is 4.18. The smallest absolute Gasteiger partial charge is 0.134 e. The monoisotopic (exact) mass is 313 g/mol. The first-order valence-corrected chi connectivity index (χ1v) is 7.82. The van der Waals surface area contributed by atoms with Crippen molar-refractivity contribution in [1.82, 2.24) is 4.90 Å². The minimum absolute atomic E-state index is 0.391. The SMILES string of the molecule is CN(C)CCOc1ccc2c(c1)OC(C)(C)C=C2c1ccco1. The van der Waals surface area contributed by atoms with Gasteiger partial charge in [0.1, 0.15) is 29.5 Å². The molecule has 0 aliphatic carbocycles. The van der Waals surface area contributed by atoms with Crippen molar-refractivity contribution in [2.24, 2.45) is 0 Å². The van der Waals surface area contributed by atoms with Gasteiger partial charge in [-0.3, -0.25) is 0 Å². The molecule has 2 aromatic rings. The quantitative estimate of drug-likeness (QED) is 0.840. The maximum atomic E-state index is 6.11. The van der Waals surface area contributed by atoms with E-state index in [1.165, 1.54) is 0 Å². The van der Waals surface area contributed by atoms with Crippen LogP contribution in [0.4, 0.5) is 0 Å². The Bertz CT molecular complexity index is 699. The highest BCUT2D eigenvalue weighted by Gasteiger charge is 2.28. The zero-order valence-corrected chi connectivity index (χ0v) is 14.1. The van der Waals surface area contributed by atoms with Crippen molar-refractivity contribution < 1.29 is 13.9 Å². The number of benzene rings is 1. The van der Waals surface area contributed by atoms with Crippen LogP contribution in [-0.2, 0) is 0 Å². The minimum atomic E-state index is -0.391. The minimum Gasteiger partial charge on any atom is -0.492 e. The third-order valence-electron chi connectivity index (χ3n) is 3.70. The summed E-state index contributed by atoms with van der Waals surface area (Å²) in [5.41, 5.74) is 1.69. The topological polar surface area (TPSA) is 34.8 Å². The number of nitrogens with zero attached hydrogens (tertiary/aromatic N) is 1. The van der Waals surface area contributed by atoms with Crippen LogP contribution in [0.1, 0.15) is 25.2 Å². The van der Waals surface area contributed by atoms with Crippen LogP contribution >= 0.6 is 0 Å². The van der Waals surface area contributed by atoms with Gasteiger partial charge in [-0.15, -0.1) is 0 Å². The summed E-state index contributed by atoms with van der Waals surface area (Å²) in [4.78, 5) is 2.09. The van der Waals surface area contributed by atoms with Crippen LogP contribution in [0.3, 0.4) is 0 Å². The van der Waals surface area contributed by atoms with Crippen LogP contribution in [0.5, 0.6) is 11.5 Å². The lowest BCUT2D eigenvalue weighted by Crippen LogP contribution is -2.29. The van der Waals surface area contributed by atoms with Gasteiger partial charge in [0.05, 0.1) is 6.26 Å². The molecule has 0 fully saturated rings. The Hall–Kier alpha value is -2.20. The molecule has 0 unspecified atom stereocenters. The molecule has 0 radical (unpaired) electrons. The van der Waals surface area contributed by atoms with E-state index in [9.17, 15) is 0 Å². The molecule has 1 aromatic carbocycles. The first-order chi connectivity index (χ1) is 10.9. The van der Waals surface area contributed by atoms with E-state index in [0.29, 0.717) is 6.61 Å². The van der Waals surface area contributed by atoms with Crippen molar-refractivity contribution in [3.05, 3.63) is 54.0 Å². The van der Waals surface area contributed by atoms with Crippen molar-refractivity contribution in [2.75, 3.05) is 27.2 Å². The molecule has 0 spiro atoms. The van der Waals surface area contributed by atoms with Crippen LogP contribution in [0.2, 0.25) is 0 Å². The highest BCUT2D eigenvalue weighted by Crippen LogP contribution is 2.41. The fraction of sp³-hybridized carbons (Fsp3) is 0.368. The summed E-state index contributed by atoms with van der Waals surface area (Å²) >= 11 is 0. The molecule has 2 heterocycles. The first kappa shape index (κ1) is 15.7. The fourth-order valence-corrected chi connectivity index (χ4v) is 2.62. The van der Waals surface area contributed by atoms with E-state index in [-0.39, 0.29) is 0 Å². The molecular formula is C19H23NO3. The fourth-order valence-electron chi connectivity index (χ4n) is 2.62. The van der Waals surface area contributed by atoms with E-state index in [0.717, 1.165) is 34.9 Å². The number of ether oxygens (including phenoxy) is 2. The Morgan fingerprint density at radius 3 is 2.70 bits per heavy atom. The van der Waals surface area contributed by atoms with Crippen molar-refractivity contribution >= 4 is 5.57 Å². The Labute approximate surface area is 137 Å². The van der Waals surface area contributed by atoms with Crippen LogP contribution in [0.25, 0.3) is 5.57 Å². The van der Waals surface area contributed by atoms with E-state index in [1.807, 2.05) is 58.3 Å². The van der Waals surface area contributed by atoms with E-state index in [2.05, 4.69) is 11.0 Å². The molecule has 23 heavy (non-hydrogen) atoms. The third kappa shape index (κ3) is 3.59. The average molecular weight is 313 g/mol. The van der Waals surface area contributed by atoms with E-state index in [1.54, 1.807) is 6.26 Å². The number of fused-ring (bicyclic) bond motifs is 1. The van der Waals surface area contributed by atoms with Crippen molar-refractivity contribution in [3.8, 4) is 11.5 Å². The van der Waals surface area contributed by atoms with Crippen molar-refractivity contribution in [2.45, 2.75) is 19.4 Å². The Morgan fingerprint density at radius 1 is 1.17 bits per heavy atom. The van der Waals surface area contributed by atoms with Gasteiger partial charge < -0.3 is 18.8 Å². The molecule has 0 saturated carbocycles. The number of hydrogen-bond donors (Lipinski definition) is 0. The highest BCUT2D eigenvalue weighted by molar-refractivity contribution is 5.83. The second-order valence-corrected chi connectivity index (χ2v) is 6.55. The summed E-state index contributed by atoms with van der Waals surface area (Å²) in [6.45, 7) is 5.61. The zero-order valence-electron chi connectivity index (χ0n) is 14.1. The Morgan fingerprint density at radius 2 is 2.00 bits per heavy atom. The molecule has 0 saturated heterocycles. The van der Waals surface area contributed by atoms with Crippen LogP contribution in [0.15, 0.2) is 47.1 Å². The van der Waals surface area contributed by atoms with E-state index in [4.69, 9.17) is 13.9 Å². The largest absolute Gasteiger partial charge is 0.492 e. The lowest BCUT2D eigenvalue weighted by Gasteiger charge is -2.30. The van der Waals surface area contributed by atoms with Gasteiger partial charge in [-0.25, -0.2) is 0 Å². The van der Waals surface area contributed by atoms with Crippen LogP contribution in [0, 0.1) is 0 Å². The third-order valence-corrected chi connectivity index (χ3v) is 3.70. The van der Waals surface area contributed by atoms with Gasteiger partial charge in [0.15, 0.2) is 0 Å². The molecule has 1 aliphatic heterocycles. The number of rotatable bonds is 5. The normalized spacial score (nSPS) is 15.8. The molecule has 3 rings (SSSR count). The second-order valence-electron chi connectivity index (χ2n) is 6.55. The molecule has 122 valence electrons. The molecule has 0 atom stereocenters.